The summed E-state index contributed by atoms with van der Waals surface area (Å²) in [5, 5.41) is 0. The minimum absolute atomic E-state index is 1.21. The summed E-state index contributed by atoms with van der Waals surface area (Å²) in [6.07, 6.45) is 9.67. The molecule has 0 aromatic heterocycles. The topological polar surface area (TPSA) is 0 Å². The summed E-state index contributed by atoms with van der Waals surface area (Å²) in [5.74, 6) is 0. The van der Waals surface area contributed by atoms with Crippen molar-refractivity contribution in [2.24, 2.45) is 0 Å². The second kappa shape index (κ2) is 9.53. The van der Waals surface area contributed by atoms with Crippen molar-refractivity contribution in [3.8, 4) is 0 Å². The second-order valence-corrected chi connectivity index (χ2v) is 2.39. The third kappa shape index (κ3) is 6.01. The zero-order valence-corrected chi connectivity index (χ0v) is 8.98. The molecule has 0 heterocycles. The fourth-order valence-corrected chi connectivity index (χ4v) is 0.874. The molecule has 0 saturated carbocycles. The van der Waals surface area contributed by atoms with Crippen LogP contribution in [0.25, 0.3) is 6.08 Å². The maximum Gasteiger partial charge on any atom is -0.0257 e. The molecule has 0 saturated heterocycles. The molecule has 0 radical (unpaired) electrons. The fraction of sp³-hybridized carbons (Fsp3) is 0.143. The van der Waals surface area contributed by atoms with Crippen molar-refractivity contribution in [3.63, 3.8) is 0 Å². The van der Waals surface area contributed by atoms with E-state index in [4.69, 9.17) is 0 Å². The summed E-state index contributed by atoms with van der Waals surface area (Å²) in [5.41, 5.74) is 1.21. The molecule has 0 unspecified atom stereocenters. The average Bonchev–Trinajstić information content (AvgIpc) is 2.29. The maximum absolute atomic E-state index is 3.58. The number of hydrogen-bond donors (Lipinski definition) is 0. The highest BCUT2D eigenvalue weighted by molar-refractivity contribution is 5.50. The van der Waals surface area contributed by atoms with Gasteiger partial charge in [-0.1, -0.05) is 81.1 Å². The number of allylic oxidation sites excluding steroid dienone is 4. The number of benzene rings is 1. The van der Waals surface area contributed by atoms with Crippen molar-refractivity contribution >= 4 is 6.08 Å². The van der Waals surface area contributed by atoms with Gasteiger partial charge in [0, 0.05) is 0 Å². The molecule has 0 aliphatic heterocycles. The van der Waals surface area contributed by atoms with Crippen LogP contribution in [-0.4, -0.2) is 0 Å². The predicted molar refractivity (Wildman–Crippen MR) is 66.2 cm³/mol. The van der Waals surface area contributed by atoms with Gasteiger partial charge in [-0.05, 0) is 5.56 Å². The van der Waals surface area contributed by atoms with Crippen molar-refractivity contribution in [1.29, 1.82) is 0 Å². The smallest absolute Gasteiger partial charge is 0.0257 e. The summed E-state index contributed by atoms with van der Waals surface area (Å²) < 4.78 is 0. The molecule has 0 nitrogen and oxygen atoms in total. The Morgan fingerprint density at radius 3 is 2.14 bits per heavy atom. The summed E-state index contributed by atoms with van der Waals surface area (Å²) in [7, 11) is 0. The van der Waals surface area contributed by atoms with E-state index in [0.29, 0.717) is 0 Å². The fourth-order valence-electron chi connectivity index (χ4n) is 0.874. The molecular weight excluding hydrogens is 168 g/mol. The first-order chi connectivity index (χ1) is 6.93. The quantitative estimate of drug-likeness (QED) is 0.611. The molecule has 0 aliphatic carbocycles. The molecule has 14 heavy (non-hydrogen) atoms. The van der Waals surface area contributed by atoms with Gasteiger partial charge in [0.15, 0.2) is 0 Å². The average molecular weight is 186 g/mol. The van der Waals surface area contributed by atoms with Gasteiger partial charge in [0.1, 0.15) is 0 Å². The van der Waals surface area contributed by atoms with E-state index in [1.807, 2.05) is 50.3 Å². The Morgan fingerprint density at radius 2 is 1.57 bits per heavy atom. The summed E-state index contributed by atoms with van der Waals surface area (Å²) in [6.45, 7) is 7.58. The SMILES string of the molecule is C=C/C=C\C=C\c1ccccc1.CC. The van der Waals surface area contributed by atoms with Gasteiger partial charge in [-0.3, -0.25) is 0 Å². The highest BCUT2D eigenvalue weighted by Gasteiger charge is 1.78. The van der Waals surface area contributed by atoms with E-state index in [-0.39, 0.29) is 0 Å². The maximum atomic E-state index is 3.58. The van der Waals surface area contributed by atoms with Crippen LogP contribution in [0, 0.1) is 0 Å². The van der Waals surface area contributed by atoms with Crippen LogP contribution in [0.1, 0.15) is 19.4 Å². The van der Waals surface area contributed by atoms with Gasteiger partial charge < -0.3 is 0 Å². The van der Waals surface area contributed by atoms with Crippen LogP contribution >= 0.6 is 0 Å². The lowest BCUT2D eigenvalue weighted by molar-refractivity contribution is 1.50. The molecule has 74 valence electrons. The van der Waals surface area contributed by atoms with Crippen molar-refractivity contribution in [3.05, 3.63) is 66.8 Å². The van der Waals surface area contributed by atoms with Crippen LogP contribution in [0.15, 0.2) is 61.2 Å². The predicted octanol–water partition coefficient (Wildman–Crippen LogP) is 4.47. The van der Waals surface area contributed by atoms with Crippen LogP contribution < -0.4 is 0 Å². The molecule has 0 bridgehead atoms. The van der Waals surface area contributed by atoms with Gasteiger partial charge in [-0.15, -0.1) is 0 Å². The van der Waals surface area contributed by atoms with Gasteiger partial charge in [-0.25, -0.2) is 0 Å². The summed E-state index contributed by atoms with van der Waals surface area (Å²) >= 11 is 0. The van der Waals surface area contributed by atoms with Gasteiger partial charge in [0.2, 0.25) is 0 Å². The summed E-state index contributed by atoms with van der Waals surface area (Å²) in [4.78, 5) is 0. The zero-order chi connectivity index (χ0) is 10.6. The lowest BCUT2D eigenvalue weighted by Gasteiger charge is -1.87. The van der Waals surface area contributed by atoms with Crippen molar-refractivity contribution < 1.29 is 0 Å². The van der Waals surface area contributed by atoms with Crippen LogP contribution in [0.2, 0.25) is 0 Å². The molecule has 0 fully saturated rings. The van der Waals surface area contributed by atoms with E-state index in [9.17, 15) is 0 Å². The molecule has 1 rings (SSSR count). The molecule has 1 aromatic carbocycles. The van der Waals surface area contributed by atoms with E-state index in [2.05, 4.69) is 24.8 Å². The Balaban J connectivity index is 0.000000791. The highest BCUT2D eigenvalue weighted by atomic mass is 13.8. The molecule has 1 aromatic rings. The van der Waals surface area contributed by atoms with E-state index < -0.39 is 0 Å². The first-order valence-corrected chi connectivity index (χ1v) is 4.94. The van der Waals surface area contributed by atoms with Gasteiger partial charge in [0.25, 0.3) is 0 Å². The van der Waals surface area contributed by atoms with Crippen molar-refractivity contribution in [2.75, 3.05) is 0 Å². The largest absolute Gasteiger partial charge is 0.0991 e. The van der Waals surface area contributed by atoms with Gasteiger partial charge in [0.05, 0.1) is 0 Å². The van der Waals surface area contributed by atoms with Crippen LogP contribution in [0.3, 0.4) is 0 Å². The third-order valence-corrected chi connectivity index (χ3v) is 1.45. The Bertz CT molecular complexity index is 278. The minimum Gasteiger partial charge on any atom is -0.0991 e. The van der Waals surface area contributed by atoms with Gasteiger partial charge >= 0.3 is 0 Å². The van der Waals surface area contributed by atoms with Crippen molar-refractivity contribution in [1.82, 2.24) is 0 Å². The van der Waals surface area contributed by atoms with E-state index in [1.165, 1.54) is 5.56 Å². The van der Waals surface area contributed by atoms with E-state index in [1.54, 1.807) is 6.08 Å². The number of rotatable bonds is 3. The summed E-state index contributed by atoms with van der Waals surface area (Å²) in [6, 6.07) is 10.2. The van der Waals surface area contributed by atoms with E-state index in [0.717, 1.165) is 0 Å². The zero-order valence-electron chi connectivity index (χ0n) is 8.98. The molecule has 0 aliphatic rings. The lowest BCUT2D eigenvalue weighted by Crippen LogP contribution is -1.66. The Hall–Kier alpha value is -1.56. The lowest BCUT2D eigenvalue weighted by atomic mass is 10.2. The molecular formula is C14H18. The third-order valence-electron chi connectivity index (χ3n) is 1.45. The van der Waals surface area contributed by atoms with Crippen molar-refractivity contribution in [2.45, 2.75) is 13.8 Å². The molecule has 0 atom stereocenters. The molecule has 0 N–H and O–H groups in total. The minimum atomic E-state index is 1.21. The standard InChI is InChI=1S/C12H12.C2H6/c1-2-3-4-6-9-12-10-7-5-8-11-12;1-2/h2-11H,1H2;1-2H3/b4-3-,9-6+;. The highest BCUT2D eigenvalue weighted by Crippen LogP contribution is 2.00. The monoisotopic (exact) mass is 186 g/mol. The number of hydrogen-bond acceptors (Lipinski definition) is 0. The Labute approximate surface area is 87.3 Å². The van der Waals surface area contributed by atoms with Crippen LogP contribution in [-0.2, 0) is 0 Å². The van der Waals surface area contributed by atoms with Crippen LogP contribution in [0.4, 0.5) is 0 Å². The van der Waals surface area contributed by atoms with Gasteiger partial charge in [-0.2, -0.15) is 0 Å². The first-order valence-electron chi connectivity index (χ1n) is 4.94. The van der Waals surface area contributed by atoms with Crippen LogP contribution in [0.5, 0.6) is 0 Å². The Morgan fingerprint density at radius 1 is 0.929 bits per heavy atom. The molecule has 0 spiro atoms. The molecule has 0 amide bonds. The normalized spacial score (nSPS) is 9.86. The second-order valence-electron chi connectivity index (χ2n) is 2.39. The Kier molecular flexibility index (Phi) is 8.47. The van der Waals surface area contributed by atoms with E-state index >= 15 is 0 Å². The first kappa shape index (κ1) is 12.4. The molecule has 0 heteroatoms.